The van der Waals surface area contributed by atoms with Gasteiger partial charge in [0.2, 0.25) is 0 Å². The van der Waals surface area contributed by atoms with E-state index in [0.29, 0.717) is 22.6 Å². The molecule has 1 N–H and O–H groups in total. The number of nitrogens with zero attached hydrogens (tertiary/aromatic N) is 1. The number of aromatic hydroxyl groups is 1. The van der Waals surface area contributed by atoms with Crippen molar-refractivity contribution in [1.82, 2.24) is 4.57 Å². The lowest BCUT2D eigenvalue weighted by atomic mass is 10.1. The fraction of sp³-hybridized carbons (Fsp3) is 0.211. The number of aryl methyl sites for hydroxylation is 2. The highest BCUT2D eigenvalue weighted by Gasteiger charge is 2.13. The van der Waals surface area contributed by atoms with Crippen molar-refractivity contribution in [1.29, 1.82) is 0 Å². The van der Waals surface area contributed by atoms with Crippen molar-refractivity contribution >= 4 is 10.8 Å². The first-order valence-corrected chi connectivity index (χ1v) is 7.54. The zero-order valence-electron chi connectivity index (χ0n) is 14.1. The Kier molecular flexibility index (Phi) is 3.93. The van der Waals surface area contributed by atoms with E-state index in [2.05, 4.69) is 0 Å². The van der Waals surface area contributed by atoms with Crippen molar-refractivity contribution in [2.45, 2.75) is 13.8 Å². The van der Waals surface area contributed by atoms with Crippen LogP contribution in [0, 0.1) is 13.8 Å². The van der Waals surface area contributed by atoms with Gasteiger partial charge in [0, 0.05) is 18.0 Å². The molecule has 0 saturated carbocycles. The van der Waals surface area contributed by atoms with Crippen LogP contribution < -0.4 is 15.0 Å². The maximum absolute atomic E-state index is 13.0. The second-order valence-electron chi connectivity index (χ2n) is 5.71. The predicted octanol–water partition coefficient (Wildman–Crippen LogP) is 3.33. The number of phenolic OH excluding ortho intramolecular Hbond substituents is 1. The number of hydrogen-bond donors (Lipinski definition) is 1. The lowest BCUT2D eigenvalue weighted by Crippen LogP contribution is -2.18. The topological polar surface area (TPSA) is 60.7 Å². The highest BCUT2D eigenvalue weighted by atomic mass is 16.5. The van der Waals surface area contributed by atoms with E-state index in [1.165, 1.54) is 7.11 Å². The molecule has 1 aromatic heterocycles. The van der Waals surface area contributed by atoms with Gasteiger partial charge in [-0.05, 0) is 54.6 Å². The van der Waals surface area contributed by atoms with Gasteiger partial charge in [0.25, 0.3) is 5.56 Å². The van der Waals surface area contributed by atoms with Gasteiger partial charge in [0.15, 0.2) is 0 Å². The Morgan fingerprint density at radius 1 is 1.00 bits per heavy atom. The van der Waals surface area contributed by atoms with Crippen LogP contribution in [0.4, 0.5) is 0 Å². The number of hydrogen-bond acceptors (Lipinski definition) is 4. The SMILES string of the molecule is COc1cc(OC)c2c(=O)n(-c3cc(C)c(O)c(C)c3)ccc2c1. The summed E-state index contributed by atoms with van der Waals surface area (Å²) in [4.78, 5) is 13.0. The van der Waals surface area contributed by atoms with Crippen LogP contribution in [-0.2, 0) is 0 Å². The molecule has 3 aromatic rings. The van der Waals surface area contributed by atoms with Crippen LogP contribution >= 0.6 is 0 Å². The van der Waals surface area contributed by atoms with E-state index in [-0.39, 0.29) is 11.3 Å². The highest BCUT2D eigenvalue weighted by Crippen LogP contribution is 2.30. The molecule has 0 amide bonds. The Balaban J connectivity index is 2.32. The summed E-state index contributed by atoms with van der Waals surface area (Å²) >= 11 is 0. The summed E-state index contributed by atoms with van der Waals surface area (Å²) < 4.78 is 12.2. The van der Waals surface area contributed by atoms with Crippen LogP contribution in [0.1, 0.15) is 11.1 Å². The van der Waals surface area contributed by atoms with Gasteiger partial charge in [-0.15, -0.1) is 0 Å². The van der Waals surface area contributed by atoms with Crippen molar-refractivity contribution in [3.8, 4) is 22.9 Å². The number of pyridine rings is 1. The normalized spacial score (nSPS) is 10.8. The van der Waals surface area contributed by atoms with Crippen molar-refractivity contribution in [2.24, 2.45) is 0 Å². The first-order chi connectivity index (χ1) is 11.5. The van der Waals surface area contributed by atoms with Gasteiger partial charge < -0.3 is 14.6 Å². The number of phenols is 1. The summed E-state index contributed by atoms with van der Waals surface area (Å²) in [7, 11) is 3.10. The van der Waals surface area contributed by atoms with Crippen LogP contribution in [0.3, 0.4) is 0 Å². The summed E-state index contributed by atoms with van der Waals surface area (Å²) in [6, 6.07) is 8.91. The predicted molar refractivity (Wildman–Crippen MR) is 93.8 cm³/mol. The van der Waals surface area contributed by atoms with E-state index in [1.807, 2.05) is 19.9 Å². The molecule has 0 unspecified atom stereocenters. The Morgan fingerprint density at radius 2 is 1.67 bits per heavy atom. The summed E-state index contributed by atoms with van der Waals surface area (Å²) in [5.41, 5.74) is 1.96. The van der Waals surface area contributed by atoms with E-state index in [0.717, 1.165) is 16.5 Å². The van der Waals surface area contributed by atoms with Gasteiger partial charge in [0.1, 0.15) is 17.2 Å². The fourth-order valence-electron chi connectivity index (χ4n) is 2.87. The molecule has 0 fully saturated rings. The van der Waals surface area contributed by atoms with Crippen LogP contribution in [0.5, 0.6) is 17.2 Å². The van der Waals surface area contributed by atoms with E-state index in [9.17, 15) is 9.90 Å². The van der Waals surface area contributed by atoms with Crippen LogP contribution in [0.15, 0.2) is 41.3 Å². The third kappa shape index (κ3) is 2.48. The lowest BCUT2D eigenvalue weighted by molar-refractivity contribution is 0.397. The van der Waals surface area contributed by atoms with Crippen LogP contribution in [0.25, 0.3) is 16.5 Å². The maximum Gasteiger partial charge on any atom is 0.266 e. The number of aromatic nitrogens is 1. The van der Waals surface area contributed by atoms with Gasteiger partial charge in [-0.1, -0.05) is 0 Å². The zero-order valence-corrected chi connectivity index (χ0v) is 14.1. The van der Waals surface area contributed by atoms with Gasteiger partial charge >= 0.3 is 0 Å². The number of fused-ring (bicyclic) bond motifs is 1. The molecule has 2 aromatic carbocycles. The summed E-state index contributed by atoms with van der Waals surface area (Å²) in [5, 5.41) is 11.2. The zero-order chi connectivity index (χ0) is 17.4. The molecule has 0 radical (unpaired) electrons. The van der Waals surface area contributed by atoms with Gasteiger partial charge in [-0.2, -0.15) is 0 Å². The lowest BCUT2D eigenvalue weighted by Gasteiger charge is -2.13. The van der Waals surface area contributed by atoms with E-state index in [1.54, 1.807) is 42.1 Å². The molecule has 0 aliphatic rings. The number of methoxy groups -OCH3 is 2. The van der Waals surface area contributed by atoms with E-state index in [4.69, 9.17) is 9.47 Å². The molecule has 124 valence electrons. The number of benzene rings is 2. The monoisotopic (exact) mass is 325 g/mol. The molecule has 5 heteroatoms. The quantitative estimate of drug-likeness (QED) is 0.802. The molecule has 0 saturated heterocycles. The first kappa shape index (κ1) is 15.9. The molecule has 0 spiro atoms. The Labute approximate surface area is 139 Å². The molecule has 24 heavy (non-hydrogen) atoms. The third-order valence-electron chi connectivity index (χ3n) is 4.15. The van der Waals surface area contributed by atoms with Crippen LogP contribution in [-0.4, -0.2) is 23.9 Å². The second kappa shape index (κ2) is 5.92. The van der Waals surface area contributed by atoms with E-state index < -0.39 is 0 Å². The van der Waals surface area contributed by atoms with Gasteiger partial charge in [0.05, 0.1) is 19.6 Å². The Hall–Kier alpha value is -2.95. The number of ether oxygens (including phenoxy) is 2. The molecule has 0 aliphatic carbocycles. The molecule has 0 bridgehead atoms. The second-order valence-corrected chi connectivity index (χ2v) is 5.71. The minimum absolute atomic E-state index is 0.184. The standard InChI is InChI=1S/C19H19NO4/c1-11-7-14(8-12(2)18(11)21)20-6-5-13-9-15(23-3)10-16(24-4)17(13)19(20)22/h5-10,21H,1-4H3. The van der Waals surface area contributed by atoms with Crippen molar-refractivity contribution < 1.29 is 14.6 Å². The molecule has 5 nitrogen and oxygen atoms in total. The summed E-state index contributed by atoms with van der Waals surface area (Å²) in [6.07, 6.45) is 1.72. The van der Waals surface area contributed by atoms with Gasteiger partial charge in [-0.25, -0.2) is 0 Å². The van der Waals surface area contributed by atoms with Crippen LogP contribution in [0.2, 0.25) is 0 Å². The summed E-state index contributed by atoms with van der Waals surface area (Å²) in [5.74, 6) is 1.35. The minimum Gasteiger partial charge on any atom is -0.507 e. The Morgan fingerprint density at radius 3 is 2.25 bits per heavy atom. The molecular weight excluding hydrogens is 306 g/mol. The van der Waals surface area contributed by atoms with Gasteiger partial charge in [-0.3, -0.25) is 9.36 Å². The Bertz CT molecular complexity index is 966. The number of rotatable bonds is 3. The molecule has 1 heterocycles. The first-order valence-electron chi connectivity index (χ1n) is 7.54. The average Bonchev–Trinajstić information content (AvgIpc) is 2.58. The molecule has 0 atom stereocenters. The minimum atomic E-state index is -0.184. The largest absolute Gasteiger partial charge is 0.507 e. The average molecular weight is 325 g/mol. The summed E-state index contributed by atoms with van der Waals surface area (Å²) in [6.45, 7) is 3.62. The third-order valence-corrected chi connectivity index (χ3v) is 4.15. The smallest absolute Gasteiger partial charge is 0.266 e. The van der Waals surface area contributed by atoms with E-state index >= 15 is 0 Å². The molecule has 3 rings (SSSR count). The maximum atomic E-state index is 13.0. The van der Waals surface area contributed by atoms with Crippen molar-refractivity contribution in [3.63, 3.8) is 0 Å². The van der Waals surface area contributed by atoms with Crippen molar-refractivity contribution in [2.75, 3.05) is 14.2 Å². The van der Waals surface area contributed by atoms with Crippen molar-refractivity contribution in [3.05, 3.63) is 58.0 Å². The fourth-order valence-corrected chi connectivity index (χ4v) is 2.87. The molecule has 0 aliphatic heterocycles. The highest BCUT2D eigenvalue weighted by molar-refractivity contribution is 5.89. The molecular formula is C19H19NO4.